The Labute approximate surface area is 127 Å². The SMILES string of the molecule is CO[C@@H]1CC(c2ncc[nH]2)N(Cc2cccc(Cl)c2F)C1. The molecule has 1 aliphatic rings. The van der Waals surface area contributed by atoms with Crippen LogP contribution >= 0.6 is 11.6 Å². The van der Waals surface area contributed by atoms with Crippen LogP contribution in [0.5, 0.6) is 0 Å². The van der Waals surface area contributed by atoms with Crippen LogP contribution in [0.15, 0.2) is 30.6 Å². The molecule has 1 N–H and O–H groups in total. The van der Waals surface area contributed by atoms with Crippen molar-refractivity contribution in [3.8, 4) is 0 Å². The fraction of sp³-hybridized carbons (Fsp3) is 0.400. The molecule has 0 spiro atoms. The predicted octanol–water partition coefficient (Wildman–Crippen LogP) is 3.16. The first-order valence-electron chi connectivity index (χ1n) is 6.88. The molecule has 2 atom stereocenters. The van der Waals surface area contributed by atoms with Crippen LogP contribution in [0.25, 0.3) is 0 Å². The molecular weight excluding hydrogens is 293 g/mol. The van der Waals surface area contributed by atoms with E-state index in [1.807, 2.05) is 0 Å². The Kier molecular flexibility index (Phi) is 4.24. The number of hydrogen-bond donors (Lipinski definition) is 1. The number of halogens is 2. The van der Waals surface area contributed by atoms with Gasteiger partial charge in [-0.3, -0.25) is 4.90 Å². The topological polar surface area (TPSA) is 41.1 Å². The third-order valence-electron chi connectivity index (χ3n) is 3.94. The first-order valence-corrected chi connectivity index (χ1v) is 7.26. The summed E-state index contributed by atoms with van der Waals surface area (Å²) in [5, 5.41) is 0.157. The van der Waals surface area contributed by atoms with E-state index in [0.29, 0.717) is 12.1 Å². The van der Waals surface area contributed by atoms with Crippen molar-refractivity contribution in [1.82, 2.24) is 14.9 Å². The third-order valence-corrected chi connectivity index (χ3v) is 4.23. The van der Waals surface area contributed by atoms with E-state index in [9.17, 15) is 4.39 Å². The first kappa shape index (κ1) is 14.5. The number of rotatable bonds is 4. The van der Waals surface area contributed by atoms with Crippen LogP contribution in [0, 0.1) is 5.82 Å². The van der Waals surface area contributed by atoms with Crippen molar-refractivity contribution < 1.29 is 9.13 Å². The van der Waals surface area contributed by atoms with E-state index < -0.39 is 0 Å². The number of benzene rings is 1. The molecular formula is C15H17ClFN3O. The smallest absolute Gasteiger partial charge is 0.146 e. The second-order valence-electron chi connectivity index (χ2n) is 5.23. The molecule has 0 saturated carbocycles. The molecule has 21 heavy (non-hydrogen) atoms. The summed E-state index contributed by atoms with van der Waals surface area (Å²) in [7, 11) is 1.70. The first-order chi connectivity index (χ1) is 10.2. The summed E-state index contributed by atoms with van der Waals surface area (Å²) in [6, 6.07) is 5.20. The maximum absolute atomic E-state index is 14.1. The number of H-pyrrole nitrogens is 1. The fourth-order valence-electron chi connectivity index (χ4n) is 2.84. The Morgan fingerprint density at radius 1 is 1.52 bits per heavy atom. The molecule has 1 unspecified atom stereocenters. The number of ether oxygens (including phenoxy) is 1. The highest BCUT2D eigenvalue weighted by atomic mass is 35.5. The fourth-order valence-corrected chi connectivity index (χ4v) is 3.03. The zero-order chi connectivity index (χ0) is 14.8. The minimum Gasteiger partial charge on any atom is -0.380 e. The standard InChI is InChI=1S/C15H17ClFN3O/c1-21-11-7-13(15-18-5-6-19-15)20(9-11)8-10-3-2-4-12(16)14(10)17/h2-6,11,13H,7-9H2,1H3,(H,18,19)/t11-,13?/m1/s1. The zero-order valence-corrected chi connectivity index (χ0v) is 12.5. The van der Waals surface area contributed by atoms with Gasteiger partial charge in [0.1, 0.15) is 11.6 Å². The number of nitrogens with one attached hydrogen (secondary N) is 1. The zero-order valence-electron chi connectivity index (χ0n) is 11.7. The summed E-state index contributed by atoms with van der Waals surface area (Å²) < 4.78 is 19.5. The van der Waals surface area contributed by atoms with Crippen molar-refractivity contribution in [3.05, 3.63) is 52.8 Å². The van der Waals surface area contributed by atoms with Gasteiger partial charge in [-0.2, -0.15) is 0 Å². The largest absolute Gasteiger partial charge is 0.380 e. The van der Waals surface area contributed by atoms with Crippen LogP contribution in [0.3, 0.4) is 0 Å². The van der Waals surface area contributed by atoms with Gasteiger partial charge in [0, 0.05) is 38.2 Å². The lowest BCUT2D eigenvalue weighted by Gasteiger charge is -2.23. The van der Waals surface area contributed by atoms with Crippen molar-refractivity contribution in [2.24, 2.45) is 0 Å². The molecule has 2 aromatic rings. The Morgan fingerprint density at radius 2 is 2.38 bits per heavy atom. The van der Waals surface area contributed by atoms with Gasteiger partial charge >= 0.3 is 0 Å². The summed E-state index contributed by atoms with van der Waals surface area (Å²) in [6.45, 7) is 1.23. The maximum Gasteiger partial charge on any atom is 0.146 e. The maximum atomic E-state index is 14.1. The molecule has 0 aliphatic carbocycles. The highest BCUT2D eigenvalue weighted by Gasteiger charge is 2.35. The second kappa shape index (κ2) is 6.13. The molecule has 1 fully saturated rings. The minimum absolute atomic E-state index is 0.100. The molecule has 1 saturated heterocycles. The average Bonchev–Trinajstić information content (AvgIpc) is 3.12. The molecule has 0 bridgehead atoms. The summed E-state index contributed by atoms with van der Waals surface area (Å²) in [5.41, 5.74) is 0.593. The monoisotopic (exact) mass is 309 g/mol. The Bertz CT molecular complexity index is 605. The van der Waals surface area contributed by atoms with E-state index in [2.05, 4.69) is 14.9 Å². The average molecular weight is 310 g/mol. The molecule has 6 heteroatoms. The van der Waals surface area contributed by atoms with E-state index >= 15 is 0 Å². The van der Waals surface area contributed by atoms with Gasteiger partial charge in [0.25, 0.3) is 0 Å². The van der Waals surface area contributed by atoms with Crippen molar-refractivity contribution in [3.63, 3.8) is 0 Å². The number of likely N-dealkylation sites (tertiary alicyclic amines) is 1. The molecule has 3 rings (SSSR count). The molecule has 1 aromatic heterocycles. The Hall–Kier alpha value is -1.43. The molecule has 1 aliphatic heterocycles. The van der Waals surface area contributed by atoms with Crippen LogP contribution in [0.1, 0.15) is 23.9 Å². The number of nitrogens with zero attached hydrogens (tertiary/aromatic N) is 2. The Morgan fingerprint density at radius 3 is 3.10 bits per heavy atom. The highest BCUT2D eigenvalue weighted by Crippen LogP contribution is 2.33. The van der Waals surface area contributed by atoms with Crippen LogP contribution < -0.4 is 0 Å². The van der Waals surface area contributed by atoms with Crippen molar-refractivity contribution >= 4 is 11.6 Å². The summed E-state index contributed by atoms with van der Waals surface area (Å²) >= 11 is 5.85. The number of hydrogen-bond acceptors (Lipinski definition) is 3. The van der Waals surface area contributed by atoms with E-state index in [0.717, 1.165) is 18.8 Å². The lowest BCUT2D eigenvalue weighted by atomic mass is 10.1. The molecule has 0 amide bonds. The van der Waals surface area contributed by atoms with Gasteiger partial charge in [-0.15, -0.1) is 0 Å². The van der Waals surface area contributed by atoms with Gasteiger partial charge in [0.2, 0.25) is 0 Å². The summed E-state index contributed by atoms with van der Waals surface area (Å²) in [6.07, 6.45) is 4.50. The van der Waals surface area contributed by atoms with Gasteiger partial charge in [0.05, 0.1) is 17.2 Å². The predicted molar refractivity (Wildman–Crippen MR) is 78.6 cm³/mol. The van der Waals surface area contributed by atoms with Gasteiger partial charge in [-0.25, -0.2) is 9.37 Å². The van der Waals surface area contributed by atoms with Crippen LogP contribution in [0.4, 0.5) is 4.39 Å². The molecule has 112 valence electrons. The number of aromatic nitrogens is 2. The molecule has 1 aromatic carbocycles. The number of aromatic amines is 1. The van der Waals surface area contributed by atoms with Crippen LogP contribution in [-0.2, 0) is 11.3 Å². The van der Waals surface area contributed by atoms with E-state index in [4.69, 9.17) is 16.3 Å². The normalized spacial score (nSPS) is 22.8. The number of methoxy groups -OCH3 is 1. The minimum atomic E-state index is -0.349. The van der Waals surface area contributed by atoms with Crippen LogP contribution in [0.2, 0.25) is 5.02 Å². The third kappa shape index (κ3) is 2.95. The lowest BCUT2D eigenvalue weighted by Crippen LogP contribution is -2.25. The van der Waals surface area contributed by atoms with Crippen molar-refractivity contribution in [2.45, 2.75) is 25.1 Å². The van der Waals surface area contributed by atoms with Crippen LogP contribution in [-0.4, -0.2) is 34.6 Å². The van der Waals surface area contributed by atoms with Gasteiger partial charge in [-0.05, 0) is 12.5 Å². The highest BCUT2D eigenvalue weighted by molar-refractivity contribution is 6.30. The second-order valence-corrected chi connectivity index (χ2v) is 5.63. The molecule has 2 heterocycles. The molecule has 4 nitrogen and oxygen atoms in total. The van der Waals surface area contributed by atoms with Crippen molar-refractivity contribution in [2.75, 3.05) is 13.7 Å². The Balaban J connectivity index is 1.83. The number of imidazole rings is 1. The lowest BCUT2D eigenvalue weighted by molar-refractivity contribution is 0.107. The van der Waals surface area contributed by atoms with E-state index in [1.165, 1.54) is 0 Å². The van der Waals surface area contributed by atoms with Gasteiger partial charge in [-0.1, -0.05) is 23.7 Å². The van der Waals surface area contributed by atoms with E-state index in [1.54, 1.807) is 37.7 Å². The van der Waals surface area contributed by atoms with Gasteiger partial charge in [0.15, 0.2) is 0 Å². The quantitative estimate of drug-likeness (QED) is 0.943. The summed E-state index contributed by atoms with van der Waals surface area (Å²) in [4.78, 5) is 9.63. The van der Waals surface area contributed by atoms with E-state index in [-0.39, 0.29) is 23.0 Å². The van der Waals surface area contributed by atoms with Crippen molar-refractivity contribution in [1.29, 1.82) is 0 Å². The molecule has 0 radical (unpaired) electrons. The van der Waals surface area contributed by atoms with Gasteiger partial charge < -0.3 is 9.72 Å². The summed E-state index contributed by atoms with van der Waals surface area (Å²) in [5.74, 6) is 0.537.